The van der Waals surface area contributed by atoms with Crippen molar-refractivity contribution in [2.75, 3.05) is 13.7 Å². The molecule has 8 heteroatoms. The molecule has 0 aliphatic carbocycles. The first-order valence-corrected chi connectivity index (χ1v) is 10.3. The minimum Gasteiger partial charge on any atom is -0.468 e. The number of carbonyl (C=O) groups is 3. The maximum atomic E-state index is 13.0. The predicted molar refractivity (Wildman–Crippen MR) is 110 cm³/mol. The van der Waals surface area contributed by atoms with Crippen molar-refractivity contribution in [3.05, 3.63) is 34.3 Å². The van der Waals surface area contributed by atoms with Gasteiger partial charge < -0.3 is 14.2 Å². The summed E-state index contributed by atoms with van der Waals surface area (Å²) in [5.41, 5.74) is 0.0425. The molecule has 7 nitrogen and oxygen atoms in total. The largest absolute Gasteiger partial charge is 0.468 e. The molecule has 29 heavy (non-hydrogen) atoms. The van der Waals surface area contributed by atoms with Crippen LogP contribution in [-0.2, 0) is 23.8 Å². The quantitative estimate of drug-likeness (QED) is 0.477. The first-order valence-electron chi connectivity index (χ1n) is 9.51. The van der Waals surface area contributed by atoms with Gasteiger partial charge in [-0.25, -0.2) is 4.79 Å². The monoisotopic (exact) mass is 469 g/mol. The van der Waals surface area contributed by atoms with E-state index in [4.69, 9.17) is 14.2 Å². The molecule has 1 fully saturated rings. The second kappa shape index (κ2) is 9.61. The van der Waals surface area contributed by atoms with Gasteiger partial charge in [0, 0.05) is 11.4 Å². The Morgan fingerprint density at radius 3 is 2.31 bits per heavy atom. The van der Waals surface area contributed by atoms with Crippen molar-refractivity contribution in [2.24, 2.45) is 0 Å². The van der Waals surface area contributed by atoms with Crippen LogP contribution in [0.4, 0.5) is 4.79 Å². The molecule has 0 spiro atoms. The number of halogens is 1. The maximum absolute atomic E-state index is 13.0. The lowest BCUT2D eigenvalue weighted by Crippen LogP contribution is -2.49. The Bertz CT molecular complexity index is 743. The van der Waals surface area contributed by atoms with Gasteiger partial charge in [-0.1, -0.05) is 28.1 Å². The van der Waals surface area contributed by atoms with Gasteiger partial charge in [-0.05, 0) is 51.3 Å². The first-order chi connectivity index (χ1) is 13.5. The molecule has 2 rings (SSSR count). The van der Waals surface area contributed by atoms with Crippen molar-refractivity contribution in [3.63, 3.8) is 0 Å². The van der Waals surface area contributed by atoms with E-state index < -0.39 is 35.6 Å². The number of likely N-dealkylation sites (tertiary alicyclic amines) is 1. The van der Waals surface area contributed by atoms with Crippen LogP contribution < -0.4 is 0 Å². The van der Waals surface area contributed by atoms with E-state index in [1.54, 1.807) is 20.8 Å². The fourth-order valence-electron chi connectivity index (χ4n) is 3.53. The van der Waals surface area contributed by atoms with Crippen molar-refractivity contribution in [2.45, 2.75) is 64.1 Å². The van der Waals surface area contributed by atoms with E-state index >= 15 is 0 Å². The van der Waals surface area contributed by atoms with E-state index in [9.17, 15) is 14.4 Å². The molecule has 1 aliphatic rings. The Morgan fingerprint density at radius 2 is 1.79 bits per heavy atom. The number of nitrogens with zero attached hydrogens (tertiary/aromatic N) is 1. The zero-order valence-corrected chi connectivity index (χ0v) is 19.0. The van der Waals surface area contributed by atoms with E-state index in [0.29, 0.717) is 12.8 Å². The molecule has 1 aromatic rings. The lowest BCUT2D eigenvalue weighted by Gasteiger charge is -2.35. The molecule has 1 aromatic carbocycles. The Balaban J connectivity index is 2.40. The Morgan fingerprint density at radius 1 is 1.17 bits per heavy atom. The van der Waals surface area contributed by atoms with Crippen molar-refractivity contribution in [3.8, 4) is 0 Å². The number of methoxy groups -OCH3 is 1. The highest BCUT2D eigenvalue weighted by atomic mass is 79.9. The summed E-state index contributed by atoms with van der Waals surface area (Å²) in [5.74, 6) is -1.53. The van der Waals surface area contributed by atoms with Gasteiger partial charge >= 0.3 is 18.0 Å². The van der Waals surface area contributed by atoms with Gasteiger partial charge in [0.1, 0.15) is 18.1 Å². The number of esters is 2. The van der Waals surface area contributed by atoms with E-state index in [2.05, 4.69) is 15.9 Å². The highest BCUT2D eigenvalue weighted by Crippen LogP contribution is 2.37. The lowest BCUT2D eigenvalue weighted by molar-refractivity contribution is -0.145. The molecule has 0 N–H and O–H groups in total. The van der Waals surface area contributed by atoms with E-state index in [-0.39, 0.29) is 12.6 Å². The van der Waals surface area contributed by atoms with Gasteiger partial charge in [0.2, 0.25) is 0 Å². The van der Waals surface area contributed by atoms with Crippen LogP contribution >= 0.6 is 15.9 Å². The van der Waals surface area contributed by atoms with Gasteiger partial charge in [-0.15, -0.1) is 0 Å². The molecule has 160 valence electrons. The predicted octanol–water partition coefficient (Wildman–Crippen LogP) is 4.04. The third kappa shape index (κ3) is 6.19. The van der Waals surface area contributed by atoms with Gasteiger partial charge in [0.05, 0.1) is 19.2 Å². The van der Waals surface area contributed by atoms with Crippen LogP contribution in [0.25, 0.3) is 0 Å². The molecular formula is C21H28BrNO6. The number of carbonyl (C=O) groups excluding carboxylic acids is 3. The third-order valence-corrected chi connectivity index (χ3v) is 5.23. The van der Waals surface area contributed by atoms with E-state index in [0.717, 1.165) is 10.0 Å². The lowest BCUT2D eigenvalue weighted by atomic mass is 9.90. The van der Waals surface area contributed by atoms with Gasteiger partial charge in [0.25, 0.3) is 0 Å². The number of benzene rings is 1. The molecule has 1 heterocycles. The molecule has 1 amide bonds. The minimum absolute atomic E-state index is 0.0549. The molecule has 0 aromatic heterocycles. The minimum atomic E-state index is -0.700. The van der Waals surface area contributed by atoms with E-state index in [1.165, 1.54) is 18.9 Å². The second-order valence-corrected chi connectivity index (χ2v) is 8.96. The summed E-state index contributed by atoms with van der Waals surface area (Å²) in [6.07, 6.45) is 0.602. The van der Waals surface area contributed by atoms with Crippen LogP contribution in [0, 0.1) is 0 Å². The zero-order chi connectivity index (χ0) is 21.8. The summed E-state index contributed by atoms with van der Waals surface area (Å²) in [4.78, 5) is 38.6. The molecule has 0 bridgehead atoms. The molecule has 0 saturated carbocycles. The topological polar surface area (TPSA) is 82.1 Å². The zero-order valence-electron chi connectivity index (χ0n) is 17.4. The van der Waals surface area contributed by atoms with Crippen molar-refractivity contribution >= 4 is 34.0 Å². The smallest absolute Gasteiger partial charge is 0.410 e. The number of ether oxygens (including phenoxy) is 3. The molecule has 0 unspecified atom stereocenters. The van der Waals surface area contributed by atoms with Crippen LogP contribution in [0.2, 0.25) is 0 Å². The SMILES string of the molecule is COC(=O)[C@@H](c1ccc(Br)cc1)[C@H]1CC[C@@H](COC(C)=O)N1C(=O)OC(C)(C)C. The molecule has 1 aliphatic heterocycles. The summed E-state index contributed by atoms with van der Waals surface area (Å²) in [7, 11) is 1.33. The summed E-state index contributed by atoms with van der Waals surface area (Å²) >= 11 is 3.39. The maximum Gasteiger partial charge on any atom is 0.410 e. The van der Waals surface area contributed by atoms with Crippen LogP contribution in [-0.4, -0.2) is 54.3 Å². The Hall–Kier alpha value is -2.09. The highest BCUT2D eigenvalue weighted by Gasteiger charge is 2.46. The fourth-order valence-corrected chi connectivity index (χ4v) is 3.79. The highest BCUT2D eigenvalue weighted by molar-refractivity contribution is 9.10. The Kier molecular flexibility index (Phi) is 7.68. The molecule has 0 radical (unpaired) electrons. The molecular weight excluding hydrogens is 442 g/mol. The standard InChI is InChI=1S/C21H28BrNO6/c1-13(24)28-12-16-10-11-17(23(16)20(26)29-21(2,3)4)18(19(25)27-5)14-6-8-15(22)9-7-14/h6-9,16-18H,10-12H2,1-5H3/t16-,17+,18-/m0/s1. The van der Waals surface area contributed by atoms with E-state index in [1.807, 2.05) is 24.3 Å². The van der Waals surface area contributed by atoms with Crippen molar-refractivity contribution < 1.29 is 28.6 Å². The van der Waals surface area contributed by atoms with Crippen molar-refractivity contribution in [1.29, 1.82) is 0 Å². The summed E-state index contributed by atoms with van der Waals surface area (Å²) in [5, 5.41) is 0. The number of rotatable bonds is 5. The average molecular weight is 470 g/mol. The van der Waals surface area contributed by atoms with Gasteiger partial charge in [-0.2, -0.15) is 0 Å². The van der Waals surface area contributed by atoms with Crippen LogP contribution in [0.15, 0.2) is 28.7 Å². The van der Waals surface area contributed by atoms with Crippen LogP contribution in [0.3, 0.4) is 0 Å². The number of amides is 1. The second-order valence-electron chi connectivity index (χ2n) is 8.04. The first kappa shape index (κ1) is 23.2. The molecule has 1 saturated heterocycles. The fraction of sp³-hybridized carbons (Fsp3) is 0.571. The number of hydrogen-bond donors (Lipinski definition) is 0. The normalized spacial score (nSPS) is 20.1. The summed E-state index contributed by atoms with van der Waals surface area (Å²) < 4.78 is 16.7. The van der Waals surface area contributed by atoms with Gasteiger partial charge in [-0.3, -0.25) is 14.5 Å². The van der Waals surface area contributed by atoms with Crippen LogP contribution in [0.5, 0.6) is 0 Å². The summed E-state index contributed by atoms with van der Waals surface area (Å²) in [6, 6.07) is 6.50. The van der Waals surface area contributed by atoms with Crippen LogP contribution in [0.1, 0.15) is 52.0 Å². The van der Waals surface area contributed by atoms with Crippen molar-refractivity contribution in [1.82, 2.24) is 4.90 Å². The van der Waals surface area contributed by atoms with Gasteiger partial charge in [0.15, 0.2) is 0 Å². The number of hydrogen-bond acceptors (Lipinski definition) is 6. The summed E-state index contributed by atoms with van der Waals surface area (Å²) in [6.45, 7) is 6.72. The third-order valence-electron chi connectivity index (χ3n) is 4.70. The average Bonchev–Trinajstić information content (AvgIpc) is 3.03. The Labute approximate surface area is 179 Å². The molecule has 3 atom stereocenters.